The Morgan fingerprint density at radius 2 is 2.41 bits per heavy atom. The lowest BCUT2D eigenvalue weighted by Crippen LogP contribution is -2.28. The van der Waals surface area contributed by atoms with Crippen molar-refractivity contribution in [1.82, 2.24) is 5.32 Å². The van der Waals surface area contributed by atoms with Gasteiger partial charge in [-0.15, -0.1) is 11.3 Å². The first-order valence-corrected chi connectivity index (χ1v) is 5.84. The summed E-state index contributed by atoms with van der Waals surface area (Å²) >= 11 is 1.45. The van der Waals surface area contributed by atoms with Crippen LogP contribution in [0.2, 0.25) is 0 Å². The first kappa shape index (κ1) is 13.2. The zero-order valence-corrected chi connectivity index (χ0v) is 10.1. The maximum atomic E-state index is 11.4. The molecule has 1 N–H and O–H groups in total. The van der Waals surface area contributed by atoms with Crippen LogP contribution in [-0.2, 0) is 14.3 Å². The van der Waals surface area contributed by atoms with Crippen LogP contribution in [0.3, 0.4) is 0 Å². The molecule has 0 saturated heterocycles. The standard InChI is InChI=1S/C11H12N2O3S/c1-8(14)13-9(10-3-2-6-17-10)7-11(15)16-5-4-12/h2-3,6,9H,5,7H2,1H3,(H,13,14)/t9-/m1/s1. The van der Waals surface area contributed by atoms with Crippen molar-refractivity contribution in [3.05, 3.63) is 22.4 Å². The van der Waals surface area contributed by atoms with Gasteiger partial charge in [0.1, 0.15) is 6.07 Å². The molecule has 1 heterocycles. The number of carbonyl (C=O) groups is 2. The molecule has 6 heteroatoms. The molecule has 0 saturated carbocycles. The van der Waals surface area contributed by atoms with Gasteiger partial charge in [-0.25, -0.2) is 0 Å². The summed E-state index contributed by atoms with van der Waals surface area (Å²) in [6, 6.07) is 5.01. The Labute approximate surface area is 103 Å². The van der Waals surface area contributed by atoms with E-state index in [0.717, 1.165) is 4.88 Å². The fraction of sp³-hybridized carbons (Fsp3) is 0.364. The number of hydrogen-bond acceptors (Lipinski definition) is 5. The lowest BCUT2D eigenvalue weighted by atomic mass is 10.1. The SMILES string of the molecule is CC(=O)N[C@H](CC(=O)OCC#N)c1cccs1. The molecular formula is C11H12N2O3S. The monoisotopic (exact) mass is 252 g/mol. The number of hydrogen-bond donors (Lipinski definition) is 1. The minimum absolute atomic E-state index is 0.0295. The molecule has 1 aromatic rings. The lowest BCUT2D eigenvalue weighted by Gasteiger charge is -2.15. The van der Waals surface area contributed by atoms with Crippen LogP contribution in [0.4, 0.5) is 0 Å². The van der Waals surface area contributed by atoms with Gasteiger partial charge < -0.3 is 10.1 Å². The molecule has 0 aliphatic rings. The van der Waals surface area contributed by atoms with Crippen LogP contribution < -0.4 is 5.32 Å². The van der Waals surface area contributed by atoms with Crippen LogP contribution in [-0.4, -0.2) is 18.5 Å². The summed E-state index contributed by atoms with van der Waals surface area (Å²) in [5, 5.41) is 12.8. The Balaban J connectivity index is 2.62. The van der Waals surface area contributed by atoms with Gasteiger partial charge in [0, 0.05) is 11.8 Å². The van der Waals surface area contributed by atoms with Crippen molar-refractivity contribution in [3.63, 3.8) is 0 Å². The molecule has 0 bridgehead atoms. The number of esters is 1. The summed E-state index contributed by atoms with van der Waals surface area (Å²) in [5.74, 6) is -0.713. The second kappa shape index (κ2) is 6.66. The van der Waals surface area contributed by atoms with Gasteiger partial charge in [0.25, 0.3) is 0 Å². The Morgan fingerprint density at radius 1 is 1.65 bits per heavy atom. The second-order valence-electron chi connectivity index (χ2n) is 3.29. The second-order valence-corrected chi connectivity index (χ2v) is 4.27. The van der Waals surface area contributed by atoms with Gasteiger partial charge in [-0.05, 0) is 11.4 Å². The largest absolute Gasteiger partial charge is 0.450 e. The van der Waals surface area contributed by atoms with E-state index >= 15 is 0 Å². The fourth-order valence-corrected chi connectivity index (χ4v) is 2.07. The third-order valence-corrected chi connectivity index (χ3v) is 2.92. The molecule has 0 aliphatic carbocycles. The first-order chi connectivity index (χ1) is 8.13. The van der Waals surface area contributed by atoms with Crippen molar-refractivity contribution in [2.24, 2.45) is 0 Å². The van der Waals surface area contributed by atoms with E-state index in [2.05, 4.69) is 10.1 Å². The number of carbonyl (C=O) groups excluding carboxylic acids is 2. The molecule has 5 nitrogen and oxygen atoms in total. The molecule has 1 aromatic heterocycles. The van der Waals surface area contributed by atoms with Crippen molar-refractivity contribution < 1.29 is 14.3 Å². The molecule has 0 radical (unpaired) electrons. The van der Waals surface area contributed by atoms with Crippen molar-refractivity contribution in [1.29, 1.82) is 5.26 Å². The molecule has 1 amide bonds. The number of amides is 1. The van der Waals surface area contributed by atoms with Gasteiger partial charge >= 0.3 is 5.97 Å². The van der Waals surface area contributed by atoms with E-state index in [9.17, 15) is 9.59 Å². The number of rotatable bonds is 5. The fourth-order valence-electron chi connectivity index (χ4n) is 1.30. The number of nitrogens with zero attached hydrogens (tertiary/aromatic N) is 1. The first-order valence-electron chi connectivity index (χ1n) is 4.96. The van der Waals surface area contributed by atoms with Gasteiger partial charge in [0.05, 0.1) is 12.5 Å². The minimum atomic E-state index is -0.501. The Kier molecular flexibility index (Phi) is 5.17. The smallest absolute Gasteiger partial charge is 0.309 e. The molecule has 1 rings (SSSR count). The average molecular weight is 252 g/mol. The number of nitrogens with one attached hydrogen (secondary N) is 1. The number of ether oxygens (including phenoxy) is 1. The van der Waals surface area contributed by atoms with E-state index in [4.69, 9.17) is 5.26 Å². The summed E-state index contributed by atoms with van der Waals surface area (Å²) < 4.78 is 4.65. The van der Waals surface area contributed by atoms with Crippen LogP contribution in [0.1, 0.15) is 24.3 Å². The molecular weight excluding hydrogens is 240 g/mol. The highest BCUT2D eigenvalue weighted by Crippen LogP contribution is 2.22. The lowest BCUT2D eigenvalue weighted by molar-refractivity contribution is -0.142. The highest BCUT2D eigenvalue weighted by Gasteiger charge is 2.18. The van der Waals surface area contributed by atoms with E-state index in [-0.39, 0.29) is 18.9 Å². The van der Waals surface area contributed by atoms with Gasteiger partial charge in [-0.1, -0.05) is 6.07 Å². The van der Waals surface area contributed by atoms with Gasteiger partial charge in [0.15, 0.2) is 6.61 Å². The molecule has 0 aromatic carbocycles. The van der Waals surface area contributed by atoms with Crippen molar-refractivity contribution in [2.75, 3.05) is 6.61 Å². The third kappa shape index (κ3) is 4.66. The molecule has 0 unspecified atom stereocenters. The van der Waals surface area contributed by atoms with E-state index in [1.807, 2.05) is 17.5 Å². The summed E-state index contributed by atoms with van der Waals surface area (Å²) in [7, 11) is 0. The zero-order chi connectivity index (χ0) is 12.7. The maximum absolute atomic E-state index is 11.4. The third-order valence-electron chi connectivity index (χ3n) is 1.93. The highest BCUT2D eigenvalue weighted by molar-refractivity contribution is 7.10. The molecule has 0 fully saturated rings. The Hall–Kier alpha value is -1.87. The van der Waals surface area contributed by atoms with E-state index in [1.54, 1.807) is 6.07 Å². The summed E-state index contributed by atoms with van der Waals surface area (Å²) in [6.45, 7) is 1.12. The number of thiophene rings is 1. The Bertz CT molecular complexity index is 422. The van der Waals surface area contributed by atoms with Crippen molar-refractivity contribution in [3.8, 4) is 6.07 Å². The maximum Gasteiger partial charge on any atom is 0.309 e. The molecule has 1 atom stereocenters. The van der Waals surface area contributed by atoms with Gasteiger partial charge in [0.2, 0.25) is 5.91 Å². The molecule has 17 heavy (non-hydrogen) atoms. The van der Waals surface area contributed by atoms with E-state index in [0.29, 0.717) is 0 Å². The van der Waals surface area contributed by atoms with Crippen molar-refractivity contribution >= 4 is 23.2 Å². The number of nitriles is 1. The van der Waals surface area contributed by atoms with Gasteiger partial charge in [-0.3, -0.25) is 9.59 Å². The highest BCUT2D eigenvalue weighted by atomic mass is 32.1. The summed E-state index contributed by atoms with van der Waals surface area (Å²) in [5.41, 5.74) is 0. The normalized spacial score (nSPS) is 11.3. The van der Waals surface area contributed by atoms with E-state index in [1.165, 1.54) is 18.3 Å². The Morgan fingerprint density at radius 3 is 2.94 bits per heavy atom. The van der Waals surface area contributed by atoms with Crippen LogP contribution in [0.5, 0.6) is 0 Å². The zero-order valence-electron chi connectivity index (χ0n) is 9.30. The van der Waals surface area contributed by atoms with Crippen LogP contribution in [0, 0.1) is 11.3 Å². The van der Waals surface area contributed by atoms with E-state index < -0.39 is 12.0 Å². The summed E-state index contributed by atoms with van der Waals surface area (Å²) in [6.07, 6.45) is 0.0295. The quantitative estimate of drug-likeness (QED) is 0.803. The van der Waals surface area contributed by atoms with Crippen LogP contribution in [0.25, 0.3) is 0 Å². The molecule has 90 valence electrons. The van der Waals surface area contributed by atoms with Crippen LogP contribution in [0.15, 0.2) is 17.5 Å². The predicted molar refractivity (Wildman–Crippen MR) is 62.1 cm³/mol. The molecule has 0 aliphatic heterocycles. The van der Waals surface area contributed by atoms with Gasteiger partial charge in [-0.2, -0.15) is 5.26 Å². The van der Waals surface area contributed by atoms with Crippen molar-refractivity contribution in [2.45, 2.75) is 19.4 Å². The minimum Gasteiger partial charge on any atom is -0.450 e. The topological polar surface area (TPSA) is 79.2 Å². The van der Waals surface area contributed by atoms with Crippen LogP contribution >= 0.6 is 11.3 Å². The predicted octanol–water partition coefficient (Wildman–Crippen LogP) is 1.38. The molecule has 0 spiro atoms. The summed E-state index contributed by atoms with van der Waals surface area (Å²) in [4.78, 5) is 23.3. The average Bonchev–Trinajstić information content (AvgIpc) is 2.78.